The smallest absolute Gasteiger partial charge is 0.0897 e. The molecule has 0 aliphatic heterocycles. The van der Waals surface area contributed by atoms with Crippen LogP contribution in [0.15, 0.2) is 34.1 Å². The zero-order valence-electron chi connectivity index (χ0n) is 11.7. The number of halogens is 1. The fraction of sp³-hybridized carbons (Fsp3) is 0.400. The minimum atomic E-state index is -0.424. The van der Waals surface area contributed by atoms with Crippen molar-refractivity contribution in [3.63, 3.8) is 0 Å². The number of hydrogen-bond donors (Lipinski definition) is 1. The van der Waals surface area contributed by atoms with Gasteiger partial charge in [0, 0.05) is 22.9 Å². The lowest BCUT2D eigenvalue weighted by Crippen LogP contribution is -2.21. The van der Waals surface area contributed by atoms with Gasteiger partial charge in [0.05, 0.1) is 16.8 Å². The van der Waals surface area contributed by atoms with Crippen molar-refractivity contribution in [2.45, 2.75) is 26.0 Å². The van der Waals surface area contributed by atoms with Crippen LogP contribution in [0.25, 0.3) is 0 Å². The van der Waals surface area contributed by atoms with Crippen LogP contribution in [0.4, 0.5) is 0 Å². The van der Waals surface area contributed by atoms with Gasteiger partial charge in [-0.3, -0.25) is 0 Å². The van der Waals surface area contributed by atoms with Gasteiger partial charge in [0.2, 0.25) is 0 Å². The first-order valence-electron chi connectivity index (χ1n) is 6.57. The molecule has 0 amide bonds. The summed E-state index contributed by atoms with van der Waals surface area (Å²) >= 11 is 5.11. The summed E-state index contributed by atoms with van der Waals surface area (Å²) in [6.45, 7) is 3.69. The lowest BCUT2D eigenvalue weighted by atomic mass is 10.1. The van der Waals surface area contributed by atoms with E-state index in [1.54, 1.807) is 11.3 Å². The van der Waals surface area contributed by atoms with E-state index in [0.29, 0.717) is 0 Å². The number of nitrogens with zero attached hydrogens (tertiary/aromatic N) is 2. The van der Waals surface area contributed by atoms with Gasteiger partial charge in [0.15, 0.2) is 0 Å². The highest BCUT2D eigenvalue weighted by atomic mass is 79.9. The van der Waals surface area contributed by atoms with Gasteiger partial charge in [-0.1, -0.05) is 28.1 Å². The number of thiazole rings is 1. The fourth-order valence-electron chi connectivity index (χ4n) is 2.06. The molecule has 0 aliphatic carbocycles. The lowest BCUT2D eigenvalue weighted by Gasteiger charge is -2.18. The molecule has 0 saturated heterocycles. The van der Waals surface area contributed by atoms with Crippen molar-refractivity contribution in [3.8, 4) is 0 Å². The zero-order valence-corrected chi connectivity index (χ0v) is 14.1. The molecule has 3 nitrogen and oxygen atoms in total. The van der Waals surface area contributed by atoms with E-state index in [0.717, 1.165) is 40.2 Å². The molecular formula is C15H19BrN2OS. The Bertz CT molecular complexity index is 558. The van der Waals surface area contributed by atoms with Gasteiger partial charge >= 0.3 is 0 Å². The van der Waals surface area contributed by atoms with Crippen LogP contribution in [0.3, 0.4) is 0 Å². The molecular weight excluding hydrogens is 336 g/mol. The molecule has 1 atom stereocenters. The molecule has 1 N–H and O–H groups in total. The summed E-state index contributed by atoms with van der Waals surface area (Å²) in [5, 5.41) is 13.4. The second-order valence-electron chi connectivity index (χ2n) is 4.96. The maximum atomic E-state index is 10.2. The third kappa shape index (κ3) is 4.66. The third-order valence-electron chi connectivity index (χ3n) is 3.12. The second-order valence-corrected chi connectivity index (χ2v) is 6.93. The minimum Gasteiger partial charge on any atom is -0.388 e. The van der Waals surface area contributed by atoms with Crippen LogP contribution < -0.4 is 0 Å². The molecule has 1 unspecified atom stereocenters. The number of rotatable bonds is 6. The predicted octanol–water partition coefficient (Wildman–Crippen LogP) is 3.77. The Hall–Kier alpha value is -0.750. The number of aryl methyl sites for hydroxylation is 1. The van der Waals surface area contributed by atoms with Gasteiger partial charge in [-0.05, 0) is 38.1 Å². The molecule has 5 heteroatoms. The molecule has 2 rings (SSSR count). The third-order valence-corrected chi connectivity index (χ3v) is 4.43. The van der Waals surface area contributed by atoms with Gasteiger partial charge < -0.3 is 10.0 Å². The van der Waals surface area contributed by atoms with Gasteiger partial charge in [-0.2, -0.15) is 0 Å². The SMILES string of the molecule is Cc1nc(CN(C)CCC(O)c2cccc(Br)c2)cs1. The van der Waals surface area contributed by atoms with E-state index in [1.807, 2.05) is 31.2 Å². The number of benzene rings is 1. The number of hydrogen-bond acceptors (Lipinski definition) is 4. The van der Waals surface area contributed by atoms with Crippen molar-refractivity contribution in [1.82, 2.24) is 9.88 Å². The molecule has 0 bridgehead atoms. The lowest BCUT2D eigenvalue weighted by molar-refractivity contribution is 0.147. The van der Waals surface area contributed by atoms with Gasteiger partial charge in [-0.15, -0.1) is 11.3 Å². The number of aromatic nitrogens is 1. The number of aliphatic hydroxyl groups is 1. The maximum Gasteiger partial charge on any atom is 0.0897 e. The van der Waals surface area contributed by atoms with Crippen LogP contribution in [-0.2, 0) is 6.54 Å². The van der Waals surface area contributed by atoms with Crippen LogP contribution in [0.1, 0.15) is 28.8 Å². The Balaban J connectivity index is 1.82. The first-order valence-corrected chi connectivity index (χ1v) is 8.25. The minimum absolute atomic E-state index is 0.424. The molecule has 0 saturated carbocycles. The zero-order chi connectivity index (χ0) is 14.5. The van der Waals surface area contributed by atoms with E-state index < -0.39 is 6.10 Å². The van der Waals surface area contributed by atoms with Crippen LogP contribution in [0.2, 0.25) is 0 Å². The van der Waals surface area contributed by atoms with E-state index in [-0.39, 0.29) is 0 Å². The molecule has 2 aromatic rings. The summed E-state index contributed by atoms with van der Waals surface area (Å²) in [5.41, 5.74) is 2.06. The van der Waals surface area contributed by atoms with Crippen molar-refractivity contribution in [2.75, 3.05) is 13.6 Å². The van der Waals surface area contributed by atoms with Crippen molar-refractivity contribution in [1.29, 1.82) is 0 Å². The predicted molar refractivity (Wildman–Crippen MR) is 86.9 cm³/mol. The highest BCUT2D eigenvalue weighted by Crippen LogP contribution is 2.21. The van der Waals surface area contributed by atoms with Crippen LogP contribution in [0, 0.1) is 6.92 Å². The average Bonchev–Trinajstić information content (AvgIpc) is 2.81. The Labute approximate surface area is 132 Å². The van der Waals surface area contributed by atoms with Crippen molar-refractivity contribution in [2.24, 2.45) is 0 Å². The van der Waals surface area contributed by atoms with Crippen LogP contribution >= 0.6 is 27.3 Å². The van der Waals surface area contributed by atoms with E-state index in [2.05, 4.69) is 38.2 Å². The van der Waals surface area contributed by atoms with E-state index in [1.165, 1.54) is 0 Å². The highest BCUT2D eigenvalue weighted by Gasteiger charge is 2.10. The first-order chi connectivity index (χ1) is 9.54. The largest absolute Gasteiger partial charge is 0.388 e. The summed E-state index contributed by atoms with van der Waals surface area (Å²) in [7, 11) is 2.06. The van der Waals surface area contributed by atoms with Crippen molar-refractivity contribution < 1.29 is 5.11 Å². The molecule has 1 aromatic carbocycles. The fourth-order valence-corrected chi connectivity index (χ4v) is 3.08. The Morgan fingerprint density at radius 2 is 2.25 bits per heavy atom. The maximum absolute atomic E-state index is 10.2. The molecule has 0 spiro atoms. The van der Waals surface area contributed by atoms with Gasteiger partial charge in [0.1, 0.15) is 0 Å². The topological polar surface area (TPSA) is 36.4 Å². The summed E-state index contributed by atoms with van der Waals surface area (Å²) in [6, 6.07) is 7.84. The standard InChI is InChI=1S/C15H19BrN2OS/c1-11-17-14(10-20-11)9-18(2)7-6-15(19)12-4-3-5-13(16)8-12/h3-5,8,10,15,19H,6-7,9H2,1-2H3. The summed E-state index contributed by atoms with van der Waals surface area (Å²) in [6.07, 6.45) is 0.294. The Morgan fingerprint density at radius 3 is 2.90 bits per heavy atom. The quantitative estimate of drug-likeness (QED) is 0.857. The molecule has 0 aliphatic rings. The monoisotopic (exact) mass is 354 g/mol. The molecule has 0 radical (unpaired) electrons. The van der Waals surface area contributed by atoms with Crippen LogP contribution in [0.5, 0.6) is 0 Å². The van der Waals surface area contributed by atoms with E-state index in [9.17, 15) is 5.11 Å². The van der Waals surface area contributed by atoms with Gasteiger partial charge in [0.25, 0.3) is 0 Å². The normalized spacial score (nSPS) is 12.8. The second kappa shape index (κ2) is 7.31. The van der Waals surface area contributed by atoms with Crippen molar-refractivity contribution >= 4 is 27.3 Å². The molecule has 108 valence electrons. The number of aliphatic hydroxyl groups excluding tert-OH is 1. The summed E-state index contributed by atoms with van der Waals surface area (Å²) in [4.78, 5) is 6.65. The Morgan fingerprint density at radius 1 is 1.45 bits per heavy atom. The molecule has 0 fully saturated rings. The highest BCUT2D eigenvalue weighted by molar-refractivity contribution is 9.10. The van der Waals surface area contributed by atoms with Crippen molar-refractivity contribution in [3.05, 3.63) is 50.4 Å². The first kappa shape index (κ1) is 15.6. The van der Waals surface area contributed by atoms with E-state index in [4.69, 9.17) is 0 Å². The Kier molecular flexibility index (Phi) is 5.72. The molecule has 1 heterocycles. The summed E-state index contributed by atoms with van der Waals surface area (Å²) < 4.78 is 1.00. The molecule has 20 heavy (non-hydrogen) atoms. The molecule has 1 aromatic heterocycles. The van der Waals surface area contributed by atoms with Crippen LogP contribution in [-0.4, -0.2) is 28.6 Å². The van der Waals surface area contributed by atoms with E-state index >= 15 is 0 Å². The average molecular weight is 355 g/mol. The van der Waals surface area contributed by atoms with Gasteiger partial charge in [-0.25, -0.2) is 4.98 Å². The summed E-state index contributed by atoms with van der Waals surface area (Å²) in [5.74, 6) is 0.